The van der Waals surface area contributed by atoms with Crippen LogP contribution in [0.25, 0.3) is 17.1 Å². The first-order valence-electron chi connectivity index (χ1n) is 8.83. The minimum atomic E-state index is -0.650. The molecule has 0 fully saturated rings. The van der Waals surface area contributed by atoms with Gasteiger partial charge < -0.3 is 5.11 Å². The van der Waals surface area contributed by atoms with Gasteiger partial charge in [-0.2, -0.15) is 4.98 Å². The molecule has 0 saturated heterocycles. The molecule has 4 rings (SSSR count). The molecule has 0 aliphatic carbocycles. The third-order valence-electron chi connectivity index (χ3n) is 4.44. The van der Waals surface area contributed by atoms with E-state index in [9.17, 15) is 14.7 Å². The van der Waals surface area contributed by atoms with Gasteiger partial charge in [-0.1, -0.05) is 60.1 Å². The van der Waals surface area contributed by atoms with Gasteiger partial charge in [-0.25, -0.2) is 0 Å². The van der Waals surface area contributed by atoms with E-state index in [4.69, 9.17) is 11.6 Å². The monoisotopic (exact) mass is 402 g/mol. The van der Waals surface area contributed by atoms with Crippen molar-refractivity contribution in [2.75, 3.05) is 0 Å². The lowest BCUT2D eigenvalue weighted by Gasteiger charge is -2.15. The third kappa shape index (κ3) is 3.56. The Labute approximate surface area is 171 Å². The molecule has 0 saturated carbocycles. The second-order valence-electron chi connectivity index (χ2n) is 6.31. The molecule has 4 aromatic rings. The summed E-state index contributed by atoms with van der Waals surface area (Å²) >= 11 is 5.88. The van der Waals surface area contributed by atoms with Crippen LogP contribution in [0, 0.1) is 0 Å². The smallest absolute Gasteiger partial charge is 0.273 e. The number of hydrogen-bond donors (Lipinski definition) is 1. The first-order chi connectivity index (χ1) is 14.1. The van der Waals surface area contributed by atoms with Crippen LogP contribution in [0.4, 0.5) is 0 Å². The van der Waals surface area contributed by atoms with Gasteiger partial charge in [0.2, 0.25) is 11.7 Å². The van der Waals surface area contributed by atoms with E-state index >= 15 is 0 Å². The van der Waals surface area contributed by atoms with Crippen LogP contribution in [0.1, 0.15) is 15.9 Å². The summed E-state index contributed by atoms with van der Waals surface area (Å²) in [5, 5.41) is 11.0. The number of hydrogen-bond acceptors (Lipinski definition) is 4. The summed E-state index contributed by atoms with van der Waals surface area (Å²) in [5.74, 6) is -0.992. The lowest BCUT2D eigenvalue weighted by Crippen LogP contribution is -2.28. The molecule has 0 atom stereocenters. The fourth-order valence-corrected chi connectivity index (χ4v) is 3.18. The summed E-state index contributed by atoms with van der Waals surface area (Å²) in [6.07, 6.45) is 0. The maximum atomic E-state index is 13.4. The Morgan fingerprint density at radius 2 is 1.45 bits per heavy atom. The number of halogens is 1. The first kappa shape index (κ1) is 18.7. The lowest BCUT2D eigenvalue weighted by atomic mass is 10.0. The summed E-state index contributed by atoms with van der Waals surface area (Å²) in [6, 6.07) is 24.0. The van der Waals surface area contributed by atoms with E-state index in [1.165, 1.54) is 16.7 Å². The number of carbonyl (C=O) groups excluding carboxylic acids is 1. The molecule has 29 heavy (non-hydrogen) atoms. The largest absolute Gasteiger partial charge is 0.493 e. The van der Waals surface area contributed by atoms with Crippen LogP contribution in [0.5, 0.6) is 5.88 Å². The van der Waals surface area contributed by atoms with Gasteiger partial charge in [-0.3, -0.25) is 14.2 Å². The van der Waals surface area contributed by atoms with Crippen molar-refractivity contribution in [2.45, 2.75) is 0 Å². The number of rotatable bonds is 4. The number of carbonyl (C=O) groups is 1. The Kier molecular flexibility index (Phi) is 4.97. The molecule has 1 heterocycles. The third-order valence-corrected chi connectivity index (χ3v) is 4.70. The highest BCUT2D eigenvalue weighted by molar-refractivity contribution is 6.30. The zero-order valence-corrected chi connectivity index (χ0v) is 15.9. The lowest BCUT2D eigenvalue weighted by molar-refractivity contribution is 0.103. The Bertz CT molecular complexity index is 1240. The fourth-order valence-electron chi connectivity index (χ4n) is 3.05. The normalized spacial score (nSPS) is 10.7. The summed E-state index contributed by atoms with van der Waals surface area (Å²) in [7, 11) is 0. The topological polar surface area (TPSA) is 72.2 Å². The molecule has 0 radical (unpaired) electrons. The molecule has 1 aromatic heterocycles. The average Bonchev–Trinajstić information content (AvgIpc) is 2.75. The number of para-hydroxylation sites is 1. The molecule has 1 N–H and O–H groups in total. The highest BCUT2D eigenvalue weighted by atomic mass is 35.5. The summed E-state index contributed by atoms with van der Waals surface area (Å²) in [4.78, 5) is 30.6. The Morgan fingerprint density at radius 3 is 2.07 bits per heavy atom. The molecule has 0 bridgehead atoms. The molecular formula is C23H15ClN2O3. The van der Waals surface area contributed by atoms with E-state index in [0.717, 1.165) is 0 Å². The summed E-state index contributed by atoms with van der Waals surface area (Å²) in [5.41, 5.74) is 0.359. The SMILES string of the molecule is O=C(c1ccc(Cl)cc1)c1c(O)nc(-c2ccccc2)n(-c2ccccc2)c1=O. The number of aromatic hydroxyl groups is 1. The zero-order valence-electron chi connectivity index (χ0n) is 15.1. The number of nitrogens with zero attached hydrogens (tertiary/aromatic N) is 2. The van der Waals surface area contributed by atoms with Gasteiger partial charge in [-0.15, -0.1) is 0 Å². The van der Waals surface area contributed by atoms with E-state index in [1.807, 2.05) is 12.1 Å². The van der Waals surface area contributed by atoms with Crippen LogP contribution in [-0.4, -0.2) is 20.4 Å². The molecule has 3 aromatic carbocycles. The summed E-state index contributed by atoms with van der Waals surface area (Å²) < 4.78 is 1.33. The maximum Gasteiger partial charge on any atom is 0.273 e. The van der Waals surface area contributed by atoms with Crippen molar-refractivity contribution in [3.8, 4) is 23.0 Å². The van der Waals surface area contributed by atoms with Gasteiger partial charge in [0.25, 0.3) is 5.56 Å². The molecule has 0 amide bonds. The Balaban J connectivity index is 1.99. The second-order valence-corrected chi connectivity index (χ2v) is 6.75. The predicted molar refractivity (Wildman–Crippen MR) is 112 cm³/mol. The molecule has 0 unspecified atom stereocenters. The summed E-state index contributed by atoms with van der Waals surface area (Å²) in [6.45, 7) is 0. The average molecular weight is 403 g/mol. The van der Waals surface area contributed by atoms with Crippen molar-refractivity contribution >= 4 is 17.4 Å². The predicted octanol–water partition coefficient (Wildman–Crippen LogP) is 4.49. The van der Waals surface area contributed by atoms with Crippen molar-refractivity contribution in [2.24, 2.45) is 0 Å². The molecule has 142 valence electrons. The van der Waals surface area contributed by atoms with Gasteiger partial charge in [0.05, 0.1) is 5.69 Å². The molecule has 5 nitrogen and oxygen atoms in total. The van der Waals surface area contributed by atoms with Crippen LogP contribution < -0.4 is 5.56 Å². The van der Waals surface area contributed by atoms with Crippen molar-refractivity contribution in [3.63, 3.8) is 0 Å². The van der Waals surface area contributed by atoms with Crippen LogP contribution in [0.3, 0.4) is 0 Å². The van der Waals surface area contributed by atoms with Crippen LogP contribution in [0.15, 0.2) is 89.7 Å². The van der Waals surface area contributed by atoms with E-state index in [2.05, 4.69) is 4.98 Å². The van der Waals surface area contributed by atoms with Gasteiger partial charge in [0.1, 0.15) is 0 Å². The van der Waals surface area contributed by atoms with Crippen molar-refractivity contribution in [1.82, 2.24) is 9.55 Å². The van der Waals surface area contributed by atoms with Gasteiger partial charge in [-0.05, 0) is 36.4 Å². The zero-order chi connectivity index (χ0) is 20.4. The molecule has 6 heteroatoms. The molecular weight excluding hydrogens is 388 g/mol. The highest BCUT2D eigenvalue weighted by Gasteiger charge is 2.24. The minimum absolute atomic E-state index is 0.232. The fraction of sp³-hybridized carbons (Fsp3) is 0. The van der Waals surface area contributed by atoms with Crippen molar-refractivity contribution < 1.29 is 9.90 Å². The molecule has 0 aliphatic heterocycles. The first-order valence-corrected chi connectivity index (χ1v) is 9.21. The van der Waals surface area contributed by atoms with Crippen molar-refractivity contribution in [1.29, 1.82) is 0 Å². The minimum Gasteiger partial charge on any atom is -0.493 e. The van der Waals surface area contributed by atoms with E-state index < -0.39 is 22.8 Å². The van der Waals surface area contributed by atoms with E-state index in [0.29, 0.717) is 16.3 Å². The van der Waals surface area contributed by atoms with Crippen LogP contribution >= 0.6 is 11.6 Å². The molecule has 0 spiro atoms. The van der Waals surface area contributed by atoms with Crippen LogP contribution in [0.2, 0.25) is 5.02 Å². The second kappa shape index (κ2) is 7.73. The Hall–Kier alpha value is -3.70. The van der Waals surface area contributed by atoms with E-state index in [-0.39, 0.29) is 11.4 Å². The standard InChI is InChI=1S/C23H15ClN2O3/c24-17-13-11-15(12-14-17)20(27)19-22(28)25-21(16-7-3-1-4-8-16)26(23(19)29)18-9-5-2-6-10-18/h1-14,28H. The Morgan fingerprint density at radius 1 is 0.862 bits per heavy atom. The van der Waals surface area contributed by atoms with Crippen molar-refractivity contribution in [3.05, 3.63) is 111 Å². The quantitative estimate of drug-likeness (QED) is 0.510. The number of ketones is 1. The number of aromatic nitrogens is 2. The van der Waals surface area contributed by atoms with Gasteiger partial charge in [0, 0.05) is 16.1 Å². The number of benzene rings is 3. The molecule has 0 aliphatic rings. The van der Waals surface area contributed by atoms with Crippen LogP contribution in [-0.2, 0) is 0 Å². The van der Waals surface area contributed by atoms with Gasteiger partial charge >= 0.3 is 0 Å². The maximum absolute atomic E-state index is 13.4. The highest BCUT2D eigenvalue weighted by Crippen LogP contribution is 2.24. The van der Waals surface area contributed by atoms with E-state index in [1.54, 1.807) is 60.7 Å². The van der Waals surface area contributed by atoms with Gasteiger partial charge in [0.15, 0.2) is 11.4 Å².